The van der Waals surface area contributed by atoms with Gasteiger partial charge in [-0.2, -0.15) is 5.10 Å². The van der Waals surface area contributed by atoms with Crippen LogP contribution in [-0.2, 0) is 4.79 Å². The summed E-state index contributed by atoms with van der Waals surface area (Å²) in [5, 5.41) is 3.87. The maximum Gasteiger partial charge on any atom is 0.277 e. The van der Waals surface area contributed by atoms with Crippen LogP contribution in [0, 0.1) is 5.82 Å². The molecule has 6 heteroatoms. The number of nitrogens with one attached hydrogen (secondary N) is 1. The molecule has 0 aromatic heterocycles. The van der Waals surface area contributed by atoms with Gasteiger partial charge in [0.2, 0.25) is 0 Å². The predicted octanol–water partition coefficient (Wildman–Crippen LogP) is 2.92. The number of hydrazone groups is 1. The third-order valence-corrected chi connectivity index (χ3v) is 2.85. The lowest BCUT2D eigenvalue weighted by molar-refractivity contribution is -0.123. The molecule has 24 heavy (non-hydrogen) atoms. The molecule has 124 valence electrons. The van der Waals surface area contributed by atoms with Crippen LogP contribution in [0.1, 0.15) is 5.56 Å². The second-order valence-corrected chi connectivity index (χ2v) is 4.67. The Morgan fingerprint density at radius 3 is 2.67 bits per heavy atom. The van der Waals surface area contributed by atoms with Crippen molar-refractivity contribution in [2.24, 2.45) is 5.10 Å². The maximum atomic E-state index is 12.8. The molecular formula is C18H17FN2O3. The van der Waals surface area contributed by atoms with E-state index in [1.165, 1.54) is 30.5 Å². The van der Waals surface area contributed by atoms with Crippen LogP contribution < -0.4 is 14.9 Å². The van der Waals surface area contributed by atoms with E-state index in [2.05, 4.69) is 17.1 Å². The maximum absolute atomic E-state index is 12.8. The van der Waals surface area contributed by atoms with Gasteiger partial charge in [-0.25, -0.2) is 9.82 Å². The standard InChI is InChI=1S/C18H17FN2O3/c1-2-11-23-17-6-4-3-5-14(17)12-20-21-18(22)13-24-16-9-7-15(19)8-10-16/h2-10,12H,1,11,13H2,(H,21,22)/b20-12-. The van der Waals surface area contributed by atoms with E-state index in [9.17, 15) is 9.18 Å². The average molecular weight is 328 g/mol. The zero-order chi connectivity index (χ0) is 17.2. The van der Waals surface area contributed by atoms with E-state index in [1.807, 2.05) is 18.2 Å². The lowest BCUT2D eigenvalue weighted by Crippen LogP contribution is -2.24. The Morgan fingerprint density at radius 2 is 1.92 bits per heavy atom. The third-order valence-electron chi connectivity index (χ3n) is 2.85. The normalized spacial score (nSPS) is 10.4. The number of carbonyl (C=O) groups is 1. The van der Waals surface area contributed by atoms with Crippen LogP contribution in [0.15, 0.2) is 66.3 Å². The summed E-state index contributed by atoms with van der Waals surface area (Å²) in [7, 11) is 0. The Bertz CT molecular complexity index is 714. The molecule has 2 aromatic rings. The molecule has 5 nitrogen and oxygen atoms in total. The van der Waals surface area contributed by atoms with Gasteiger partial charge in [0.1, 0.15) is 23.9 Å². The number of carbonyl (C=O) groups excluding carboxylic acids is 1. The average Bonchev–Trinajstić information content (AvgIpc) is 2.60. The van der Waals surface area contributed by atoms with E-state index in [0.717, 1.165) is 5.56 Å². The van der Waals surface area contributed by atoms with Gasteiger partial charge in [0.15, 0.2) is 6.61 Å². The fourth-order valence-electron chi connectivity index (χ4n) is 1.75. The summed E-state index contributed by atoms with van der Waals surface area (Å²) in [6.45, 7) is 3.74. The summed E-state index contributed by atoms with van der Waals surface area (Å²) in [6.07, 6.45) is 3.12. The van der Waals surface area contributed by atoms with Gasteiger partial charge in [0.25, 0.3) is 5.91 Å². The number of benzene rings is 2. The summed E-state index contributed by atoms with van der Waals surface area (Å²) in [4.78, 5) is 11.7. The van der Waals surface area contributed by atoms with E-state index < -0.39 is 5.91 Å². The fraction of sp³-hybridized carbons (Fsp3) is 0.111. The number of hydrogen-bond donors (Lipinski definition) is 1. The Balaban J connectivity index is 1.83. The molecule has 0 unspecified atom stereocenters. The van der Waals surface area contributed by atoms with Gasteiger partial charge in [0, 0.05) is 5.56 Å². The van der Waals surface area contributed by atoms with Crippen LogP contribution in [0.25, 0.3) is 0 Å². The summed E-state index contributed by atoms with van der Waals surface area (Å²) in [5.41, 5.74) is 3.07. The number of ether oxygens (including phenoxy) is 2. The second kappa shape index (κ2) is 9.09. The molecule has 1 amide bonds. The molecule has 0 radical (unpaired) electrons. The van der Waals surface area contributed by atoms with Crippen molar-refractivity contribution in [3.63, 3.8) is 0 Å². The third kappa shape index (κ3) is 5.57. The summed E-state index contributed by atoms with van der Waals surface area (Å²) in [5.74, 6) is 0.241. The molecule has 0 spiro atoms. The van der Waals surface area contributed by atoms with Crippen LogP contribution in [0.3, 0.4) is 0 Å². The van der Waals surface area contributed by atoms with E-state index in [-0.39, 0.29) is 12.4 Å². The predicted molar refractivity (Wildman–Crippen MR) is 89.8 cm³/mol. The van der Waals surface area contributed by atoms with Crippen LogP contribution in [0.5, 0.6) is 11.5 Å². The minimum absolute atomic E-state index is 0.225. The molecule has 2 aromatic carbocycles. The highest BCUT2D eigenvalue weighted by Crippen LogP contribution is 2.15. The Hall–Kier alpha value is -3.15. The fourth-order valence-corrected chi connectivity index (χ4v) is 1.75. The number of nitrogens with zero attached hydrogens (tertiary/aromatic N) is 1. The molecule has 0 saturated heterocycles. The van der Waals surface area contributed by atoms with Crippen molar-refractivity contribution in [2.45, 2.75) is 0 Å². The highest BCUT2D eigenvalue weighted by Gasteiger charge is 2.03. The highest BCUT2D eigenvalue weighted by molar-refractivity contribution is 5.85. The van der Waals surface area contributed by atoms with Crippen molar-refractivity contribution in [3.05, 3.63) is 72.6 Å². The van der Waals surface area contributed by atoms with Gasteiger partial charge >= 0.3 is 0 Å². The molecule has 0 aliphatic carbocycles. The summed E-state index contributed by atoms with van der Waals surface area (Å²) < 4.78 is 23.4. The van der Waals surface area contributed by atoms with Crippen LogP contribution in [-0.4, -0.2) is 25.3 Å². The van der Waals surface area contributed by atoms with E-state index in [4.69, 9.17) is 9.47 Å². The topological polar surface area (TPSA) is 59.9 Å². The SMILES string of the molecule is C=CCOc1ccccc1/C=N\NC(=O)COc1ccc(F)cc1. The second-order valence-electron chi connectivity index (χ2n) is 4.67. The van der Waals surface area contributed by atoms with E-state index >= 15 is 0 Å². The first-order chi connectivity index (χ1) is 11.7. The molecule has 0 atom stereocenters. The number of rotatable bonds is 8. The van der Waals surface area contributed by atoms with Crippen molar-refractivity contribution in [1.29, 1.82) is 0 Å². The molecule has 0 fully saturated rings. The Morgan fingerprint density at radius 1 is 1.17 bits per heavy atom. The zero-order valence-corrected chi connectivity index (χ0v) is 12.9. The monoisotopic (exact) mass is 328 g/mol. The summed E-state index contributed by atoms with van der Waals surface area (Å²) >= 11 is 0. The van der Waals surface area contributed by atoms with Crippen LogP contribution >= 0.6 is 0 Å². The summed E-state index contributed by atoms with van der Waals surface area (Å²) in [6, 6.07) is 12.7. The quantitative estimate of drug-likeness (QED) is 0.460. The lowest BCUT2D eigenvalue weighted by Gasteiger charge is -2.06. The zero-order valence-electron chi connectivity index (χ0n) is 12.9. The largest absolute Gasteiger partial charge is 0.489 e. The minimum Gasteiger partial charge on any atom is -0.489 e. The molecule has 0 heterocycles. The molecule has 0 aliphatic rings. The van der Waals surface area contributed by atoms with Gasteiger partial charge < -0.3 is 9.47 Å². The Labute approximate surface area is 139 Å². The van der Waals surface area contributed by atoms with Gasteiger partial charge in [-0.1, -0.05) is 24.8 Å². The molecule has 1 N–H and O–H groups in total. The lowest BCUT2D eigenvalue weighted by atomic mass is 10.2. The van der Waals surface area contributed by atoms with Gasteiger partial charge in [-0.15, -0.1) is 0 Å². The Kier molecular flexibility index (Phi) is 6.52. The van der Waals surface area contributed by atoms with Crippen molar-refractivity contribution < 1.29 is 18.7 Å². The van der Waals surface area contributed by atoms with Crippen molar-refractivity contribution in [3.8, 4) is 11.5 Å². The number of amides is 1. The number of para-hydroxylation sites is 1. The van der Waals surface area contributed by atoms with Crippen molar-refractivity contribution in [2.75, 3.05) is 13.2 Å². The molecule has 0 aliphatic heterocycles. The van der Waals surface area contributed by atoms with Crippen LogP contribution in [0.4, 0.5) is 4.39 Å². The van der Waals surface area contributed by atoms with Crippen molar-refractivity contribution in [1.82, 2.24) is 5.43 Å². The van der Waals surface area contributed by atoms with E-state index in [1.54, 1.807) is 12.1 Å². The highest BCUT2D eigenvalue weighted by atomic mass is 19.1. The van der Waals surface area contributed by atoms with Gasteiger partial charge in [-0.05, 0) is 36.4 Å². The molecular weight excluding hydrogens is 311 g/mol. The smallest absolute Gasteiger partial charge is 0.277 e. The van der Waals surface area contributed by atoms with Gasteiger partial charge in [0.05, 0.1) is 6.21 Å². The molecule has 0 bridgehead atoms. The van der Waals surface area contributed by atoms with Gasteiger partial charge in [-0.3, -0.25) is 4.79 Å². The first-order valence-corrected chi connectivity index (χ1v) is 7.22. The van der Waals surface area contributed by atoms with Crippen molar-refractivity contribution >= 4 is 12.1 Å². The first-order valence-electron chi connectivity index (χ1n) is 7.22. The number of hydrogen-bond acceptors (Lipinski definition) is 4. The first kappa shape index (κ1) is 17.2. The number of halogens is 1. The minimum atomic E-state index is -0.430. The molecule has 0 saturated carbocycles. The van der Waals surface area contributed by atoms with Crippen LogP contribution in [0.2, 0.25) is 0 Å². The molecule has 2 rings (SSSR count). The van der Waals surface area contributed by atoms with E-state index in [0.29, 0.717) is 18.1 Å².